The van der Waals surface area contributed by atoms with E-state index < -0.39 is 0 Å². The maximum atomic E-state index is 11.0. The molecule has 0 bridgehead atoms. The molecule has 0 fully saturated rings. The van der Waals surface area contributed by atoms with Crippen LogP contribution in [-0.2, 0) is 0 Å². The van der Waals surface area contributed by atoms with Crippen molar-refractivity contribution < 1.29 is 4.79 Å². The molecule has 0 atom stereocenters. The SMILES string of the molecule is CN(C)c1ncc(C(=O)NN)s1. The molecule has 1 amide bonds. The third-order valence-electron chi connectivity index (χ3n) is 1.23. The second-order valence-corrected chi connectivity index (χ2v) is 3.38. The first-order chi connectivity index (χ1) is 5.65. The van der Waals surface area contributed by atoms with Crippen LogP contribution in [0.1, 0.15) is 9.67 Å². The van der Waals surface area contributed by atoms with Gasteiger partial charge in [0.15, 0.2) is 5.13 Å². The highest BCUT2D eigenvalue weighted by atomic mass is 32.1. The number of carbonyl (C=O) groups is 1. The highest BCUT2D eigenvalue weighted by molar-refractivity contribution is 7.17. The van der Waals surface area contributed by atoms with Gasteiger partial charge in [0, 0.05) is 14.1 Å². The summed E-state index contributed by atoms with van der Waals surface area (Å²) < 4.78 is 0. The van der Waals surface area contributed by atoms with Gasteiger partial charge in [0.2, 0.25) is 0 Å². The molecule has 1 aromatic heterocycles. The number of nitrogen functional groups attached to an aromatic ring is 1. The number of hydrogen-bond donors (Lipinski definition) is 2. The van der Waals surface area contributed by atoms with Crippen molar-refractivity contribution in [2.45, 2.75) is 0 Å². The fourth-order valence-corrected chi connectivity index (χ4v) is 1.39. The van der Waals surface area contributed by atoms with Gasteiger partial charge in [-0.25, -0.2) is 10.8 Å². The topological polar surface area (TPSA) is 71.2 Å². The number of carbonyl (C=O) groups excluding carboxylic acids is 1. The monoisotopic (exact) mass is 186 g/mol. The maximum Gasteiger partial charge on any atom is 0.276 e. The number of thiazole rings is 1. The minimum absolute atomic E-state index is 0.305. The van der Waals surface area contributed by atoms with Crippen LogP contribution in [0.2, 0.25) is 0 Å². The molecule has 0 unspecified atom stereocenters. The average molecular weight is 186 g/mol. The predicted molar refractivity (Wildman–Crippen MR) is 48.1 cm³/mol. The van der Waals surface area contributed by atoms with Crippen LogP contribution < -0.4 is 16.2 Å². The molecule has 1 heterocycles. The van der Waals surface area contributed by atoms with Crippen LogP contribution in [-0.4, -0.2) is 25.0 Å². The van der Waals surface area contributed by atoms with Gasteiger partial charge >= 0.3 is 0 Å². The average Bonchev–Trinajstić information content (AvgIpc) is 2.51. The fourth-order valence-electron chi connectivity index (χ4n) is 0.648. The number of hydrogen-bond acceptors (Lipinski definition) is 5. The Morgan fingerprint density at radius 1 is 1.75 bits per heavy atom. The zero-order chi connectivity index (χ0) is 9.14. The standard InChI is InChI=1S/C6H10N4OS/c1-10(2)6-8-3-4(12-6)5(11)9-7/h3H,7H2,1-2H3,(H,9,11). The molecule has 6 heteroatoms. The van der Waals surface area contributed by atoms with Crippen LogP contribution in [0.15, 0.2) is 6.20 Å². The van der Waals surface area contributed by atoms with E-state index >= 15 is 0 Å². The van der Waals surface area contributed by atoms with E-state index in [1.165, 1.54) is 17.5 Å². The third kappa shape index (κ3) is 1.72. The van der Waals surface area contributed by atoms with Crippen molar-refractivity contribution in [3.8, 4) is 0 Å². The summed E-state index contributed by atoms with van der Waals surface area (Å²) in [6, 6.07) is 0. The molecule has 12 heavy (non-hydrogen) atoms. The number of anilines is 1. The molecule has 0 aromatic carbocycles. The molecule has 66 valence electrons. The lowest BCUT2D eigenvalue weighted by molar-refractivity contribution is 0.0957. The van der Waals surface area contributed by atoms with Gasteiger partial charge in [-0.1, -0.05) is 11.3 Å². The Bertz CT molecular complexity index is 283. The summed E-state index contributed by atoms with van der Waals surface area (Å²) in [4.78, 5) is 17.3. The van der Waals surface area contributed by atoms with Crippen LogP contribution >= 0.6 is 11.3 Å². The number of aromatic nitrogens is 1. The summed E-state index contributed by atoms with van der Waals surface area (Å²) in [5, 5.41) is 0.786. The third-order valence-corrected chi connectivity index (χ3v) is 2.39. The Morgan fingerprint density at radius 3 is 2.83 bits per heavy atom. The maximum absolute atomic E-state index is 11.0. The molecule has 0 saturated carbocycles. The van der Waals surface area contributed by atoms with Crippen LogP contribution in [0.4, 0.5) is 5.13 Å². The summed E-state index contributed by atoms with van der Waals surface area (Å²) in [7, 11) is 3.73. The smallest absolute Gasteiger partial charge is 0.276 e. The highest BCUT2D eigenvalue weighted by Gasteiger charge is 2.09. The largest absolute Gasteiger partial charge is 0.354 e. The number of rotatable bonds is 2. The van der Waals surface area contributed by atoms with Gasteiger partial charge in [0.05, 0.1) is 6.20 Å². The van der Waals surface area contributed by atoms with E-state index in [2.05, 4.69) is 4.98 Å². The first-order valence-electron chi connectivity index (χ1n) is 3.29. The molecule has 1 rings (SSSR count). The van der Waals surface area contributed by atoms with Crippen LogP contribution in [0.5, 0.6) is 0 Å². The predicted octanol–water partition coefficient (Wildman–Crippen LogP) is -0.187. The molecule has 1 aromatic rings. The van der Waals surface area contributed by atoms with Crippen molar-refractivity contribution in [2.24, 2.45) is 5.84 Å². The molecule has 0 saturated heterocycles. The Morgan fingerprint density at radius 2 is 2.42 bits per heavy atom. The van der Waals surface area contributed by atoms with Crippen LogP contribution in [0.3, 0.4) is 0 Å². The van der Waals surface area contributed by atoms with Gasteiger partial charge in [0.1, 0.15) is 4.88 Å². The number of amides is 1. The molecule has 3 N–H and O–H groups in total. The van der Waals surface area contributed by atoms with Gasteiger partial charge in [-0.3, -0.25) is 10.2 Å². The normalized spacial score (nSPS) is 9.58. The summed E-state index contributed by atoms with van der Waals surface area (Å²) in [5.41, 5.74) is 2.05. The molecule has 5 nitrogen and oxygen atoms in total. The van der Waals surface area contributed by atoms with Gasteiger partial charge in [-0.2, -0.15) is 0 Å². The molecule has 0 spiro atoms. The zero-order valence-corrected chi connectivity index (χ0v) is 7.68. The molecule has 0 radical (unpaired) electrons. The Hall–Kier alpha value is -1.14. The minimum Gasteiger partial charge on any atom is -0.354 e. The number of nitrogens with one attached hydrogen (secondary N) is 1. The zero-order valence-electron chi connectivity index (χ0n) is 6.87. The van der Waals surface area contributed by atoms with Crippen LogP contribution in [0, 0.1) is 0 Å². The van der Waals surface area contributed by atoms with Crippen molar-refractivity contribution in [3.63, 3.8) is 0 Å². The summed E-state index contributed by atoms with van der Waals surface area (Å²) in [6.45, 7) is 0. The molecule has 0 aliphatic rings. The van der Waals surface area contributed by atoms with Gasteiger partial charge in [0.25, 0.3) is 5.91 Å². The Kier molecular flexibility index (Phi) is 2.61. The molecular formula is C6H10N4OS. The molecule has 0 aliphatic heterocycles. The van der Waals surface area contributed by atoms with E-state index in [1.807, 2.05) is 24.4 Å². The first kappa shape index (κ1) is 8.95. The van der Waals surface area contributed by atoms with Crippen molar-refractivity contribution >= 4 is 22.4 Å². The molecule has 0 aliphatic carbocycles. The Balaban J connectivity index is 2.84. The van der Waals surface area contributed by atoms with Crippen molar-refractivity contribution in [2.75, 3.05) is 19.0 Å². The first-order valence-corrected chi connectivity index (χ1v) is 4.11. The number of hydrazine groups is 1. The fraction of sp³-hybridized carbons (Fsp3) is 0.333. The van der Waals surface area contributed by atoms with E-state index in [9.17, 15) is 4.79 Å². The lowest BCUT2D eigenvalue weighted by Crippen LogP contribution is -2.29. The second-order valence-electron chi connectivity index (χ2n) is 2.37. The lowest BCUT2D eigenvalue weighted by Gasteiger charge is -2.04. The van der Waals surface area contributed by atoms with E-state index in [1.54, 1.807) is 0 Å². The van der Waals surface area contributed by atoms with Crippen molar-refractivity contribution in [1.29, 1.82) is 0 Å². The second kappa shape index (κ2) is 3.51. The summed E-state index contributed by atoms with van der Waals surface area (Å²) >= 11 is 1.30. The highest BCUT2D eigenvalue weighted by Crippen LogP contribution is 2.19. The van der Waals surface area contributed by atoms with Gasteiger partial charge in [-0.05, 0) is 0 Å². The Labute approximate surface area is 74.2 Å². The van der Waals surface area contributed by atoms with Gasteiger partial charge < -0.3 is 4.90 Å². The van der Waals surface area contributed by atoms with E-state index in [0.29, 0.717) is 4.88 Å². The number of nitrogens with two attached hydrogens (primary N) is 1. The van der Waals surface area contributed by atoms with E-state index in [-0.39, 0.29) is 5.91 Å². The summed E-state index contributed by atoms with van der Waals surface area (Å²) in [5.74, 6) is 4.65. The number of nitrogens with zero attached hydrogens (tertiary/aromatic N) is 2. The molecular weight excluding hydrogens is 176 g/mol. The van der Waals surface area contributed by atoms with Gasteiger partial charge in [-0.15, -0.1) is 0 Å². The summed E-state index contributed by atoms with van der Waals surface area (Å²) in [6.07, 6.45) is 1.50. The minimum atomic E-state index is -0.305. The van der Waals surface area contributed by atoms with E-state index in [0.717, 1.165) is 5.13 Å². The lowest BCUT2D eigenvalue weighted by atomic mass is 10.5. The van der Waals surface area contributed by atoms with Crippen LogP contribution in [0.25, 0.3) is 0 Å². The van der Waals surface area contributed by atoms with E-state index in [4.69, 9.17) is 5.84 Å². The van der Waals surface area contributed by atoms with Crippen molar-refractivity contribution in [3.05, 3.63) is 11.1 Å². The quantitative estimate of drug-likeness (QED) is 0.381. The van der Waals surface area contributed by atoms with Crippen molar-refractivity contribution in [1.82, 2.24) is 10.4 Å².